The lowest BCUT2D eigenvalue weighted by Crippen LogP contribution is -2.35. The number of piperidine rings is 1. The third-order valence-corrected chi connectivity index (χ3v) is 4.19. The average Bonchev–Trinajstić information content (AvgIpc) is 2.57. The highest BCUT2D eigenvalue weighted by Gasteiger charge is 2.18. The summed E-state index contributed by atoms with van der Waals surface area (Å²) in [4.78, 5) is 12.8. The van der Waals surface area contributed by atoms with E-state index < -0.39 is 0 Å². The van der Waals surface area contributed by atoms with Crippen LogP contribution in [0.4, 0.5) is 0 Å². The van der Waals surface area contributed by atoms with E-state index in [4.69, 9.17) is 9.47 Å². The molecule has 0 bridgehead atoms. The fourth-order valence-corrected chi connectivity index (χ4v) is 3.04. The van der Waals surface area contributed by atoms with Crippen LogP contribution in [0.2, 0.25) is 0 Å². The first-order valence-corrected chi connectivity index (χ1v) is 7.56. The van der Waals surface area contributed by atoms with Gasteiger partial charge in [0.25, 0.3) is 5.56 Å². The molecule has 0 aliphatic carbocycles. The molecule has 1 N–H and O–H groups in total. The Morgan fingerprint density at radius 3 is 2.91 bits per heavy atom. The number of aromatic nitrogens is 2. The first kappa shape index (κ1) is 14.8. The molecule has 2 heterocycles. The maximum absolute atomic E-state index is 12.8. The number of methoxy groups -OCH3 is 2. The summed E-state index contributed by atoms with van der Waals surface area (Å²) in [6, 6.07) is 3.62. The second-order valence-electron chi connectivity index (χ2n) is 5.61. The van der Waals surface area contributed by atoms with Crippen molar-refractivity contribution in [1.82, 2.24) is 15.1 Å². The van der Waals surface area contributed by atoms with Gasteiger partial charge in [0.15, 0.2) is 11.5 Å². The number of ether oxygens (including phenoxy) is 2. The summed E-state index contributed by atoms with van der Waals surface area (Å²) in [6.07, 6.45) is 3.98. The van der Waals surface area contributed by atoms with E-state index in [-0.39, 0.29) is 5.56 Å². The Morgan fingerprint density at radius 1 is 1.36 bits per heavy atom. The van der Waals surface area contributed by atoms with E-state index in [0.29, 0.717) is 29.3 Å². The molecule has 1 aliphatic heterocycles. The zero-order valence-electron chi connectivity index (χ0n) is 13.0. The Kier molecular flexibility index (Phi) is 4.29. The molecule has 6 nitrogen and oxygen atoms in total. The van der Waals surface area contributed by atoms with E-state index in [0.717, 1.165) is 31.3 Å². The van der Waals surface area contributed by atoms with Crippen molar-refractivity contribution in [3.63, 3.8) is 0 Å². The molecule has 118 valence electrons. The molecule has 1 aromatic heterocycles. The van der Waals surface area contributed by atoms with Gasteiger partial charge in [0, 0.05) is 11.9 Å². The first-order chi connectivity index (χ1) is 10.7. The van der Waals surface area contributed by atoms with Gasteiger partial charge in [0.2, 0.25) is 0 Å². The van der Waals surface area contributed by atoms with Crippen molar-refractivity contribution >= 4 is 10.8 Å². The van der Waals surface area contributed by atoms with Gasteiger partial charge in [-0.3, -0.25) is 4.79 Å². The lowest BCUT2D eigenvalue weighted by atomic mass is 10.00. The predicted molar refractivity (Wildman–Crippen MR) is 84.7 cm³/mol. The zero-order chi connectivity index (χ0) is 15.5. The lowest BCUT2D eigenvalue weighted by molar-refractivity contribution is 0.319. The summed E-state index contributed by atoms with van der Waals surface area (Å²) in [5.74, 6) is 1.47. The maximum Gasteiger partial charge on any atom is 0.278 e. The molecular weight excluding hydrogens is 282 g/mol. The van der Waals surface area contributed by atoms with E-state index in [1.54, 1.807) is 31.2 Å². The van der Waals surface area contributed by atoms with Gasteiger partial charge in [-0.2, -0.15) is 5.10 Å². The normalized spacial score (nSPS) is 18.4. The molecule has 2 aromatic rings. The van der Waals surface area contributed by atoms with E-state index in [1.165, 1.54) is 0 Å². The molecule has 0 saturated carbocycles. The van der Waals surface area contributed by atoms with Crippen molar-refractivity contribution < 1.29 is 9.47 Å². The highest BCUT2D eigenvalue weighted by molar-refractivity contribution is 5.89. The third-order valence-electron chi connectivity index (χ3n) is 4.19. The first-order valence-electron chi connectivity index (χ1n) is 7.56. The fraction of sp³-hybridized carbons (Fsp3) is 0.500. The van der Waals surface area contributed by atoms with Crippen molar-refractivity contribution in [1.29, 1.82) is 0 Å². The smallest absolute Gasteiger partial charge is 0.278 e. The topological polar surface area (TPSA) is 65.4 Å². The highest BCUT2D eigenvalue weighted by Crippen LogP contribution is 2.32. The summed E-state index contributed by atoms with van der Waals surface area (Å²) in [5, 5.41) is 8.97. The minimum atomic E-state index is -0.126. The number of nitrogens with zero attached hydrogens (tertiary/aromatic N) is 2. The summed E-state index contributed by atoms with van der Waals surface area (Å²) >= 11 is 0. The Morgan fingerprint density at radius 2 is 2.23 bits per heavy atom. The van der Waals surface area contributed by atoms with Crippen LogP contribution in [0.3, 0.4) is 0 Å². The van der Waals surface area contributed by atoms with Gasteiger partial charge in [-0.1, -0.05) is 0 Å². The number of rotatable bonds is 4. The van der Waals surface area contributed by atoms with Crippen LogP contribution in [-0.4, -0.2) is 37.1 Å². The lowest BCUT2D eigenvalue weighted by Gasteiger charge is -2.23. The Labute approximate surface area is 129 Å². The van der Waals surface area contributed by atoms with Crippen LogP contribution in [0.15, 0.2) is 23.1 Å². The maximum atomic E-state index is 12.8. The molecule has 22 heavy (non-hydrogen) atoms. The van der Waals surface area contributed by atoms with Gasteiger partial charge in [-0.05, 0) is 44.0 Å². The number of hydrogen-bond donors (Lipinski definition) is 1. The summed E-state index contributed by atoms with van der Waals surface area (Å²) in [6.45, 7) is 2.62. The largest absolute Gasteiger partial charge is 0.493 e. The van der Waals surface area contributed by atoms with E-state index in [1.807, 2.05) is 6.07 Å². The quantitative estimate of drug-likeness (QED) is 0.925. The van der Waals surface area contributed by atoms with Crippen LogP contribution in [0, 0.1) is 5.92 Å². The molecule has 1 fully saturated rings. The highest BCUT2D eigenvalue weighted by atomic mass is 16.5. The number of benzene rings is 1. The molecule has 6 heteroatoms. The van der Waals surface area contributed by atoms with Gasteiger partial charge in [-0.25, -0.2) is 4.68 Å². The number of nitrogens with one attached hydrogen (secondary N) is 1. The van der Waals surface area contributed by atoms with Crippen LogP contribution in [0.1, 0.15) is 12.8 Å². The van der Waals surface area contributed by atoms with Crippen molar-refractivity contribution in [2.24, 2.45) is 5.92 Å². The van der Waals surface area contributed by atoms with Crippen molar-refractivity contribution in [2.75, 3.05) is 27.3 Å². The minimum absolute atomic E-state index is 0.126. The molecule has 3 rings (SSSR count). The second kappa shape index (κ2) is 6.36. The van der Waals surface area contributed by atoms with Crippen LogP contribution < -0.4 is 20.3 Å². The van der Waals surface area contributed by atoms with Gasteiger partial charge in [0.05, 0.1) is 25.8 Å². The van der Waals surface area contributed by atoms with Gasteiger partial charge in [-0.15, -0.1) is 0 Å². The monoisotopic (exact) mass is 303 g/mol. The summed E-state index contributed by atoms with van der Waals surface area (Å²) in [7, 11) is 3.11. The van der Waals surface area contributed by atoms with Crippen molar-refractivity contribution in [3.8, 4) is 11.5 Å². The van der Waals surface area contributed by atoms with Gasteiger partial charge >= 0.3 is 0 Å². The fourth-order valence-electron chi connectivity index (χ4n) is 3.04. The van der Waals surface area contributed by atoms with Crippen LogP contribution in [-0.2, 0) is 6.54 Å². The number of fused-ring (bicyclic) bond motifs is 1. The SMILES string of the molecule is COc1ccc2cnn(C[C@@H]3CCCNC3)c(=O)c2c1OC. The van der Waals surface area contributed by atoms with Crippen molar-refractivity contribution in [3.05, 3.63) is 28.7 Å². The molecule has 1 saturated heterocycles. The molecule has 1 atom stereocenters. The Balaban J connectivity index is 2.05. The Bertz CT molecular complexity index is 720. The van der Waals surface area contributed by atoms with Gasteiger partial charge in [0.1, 0.15) is 0 Å². The predicted octanol–water partition coefficient (Wildman–Crippen LogP) is 1.41. The average molecular weight is 303 g/mol. The van der Waals surface area contributed by atoms with Crippen LogP contribution in [0.5, 0.6) is 11.5 Å². The summed E-state index contributed by atoms with van der Waals surface area (Å²) in [5.41, 5.74) is -0.126. The summed E-state index contributed by atoms with van der Waals surface area (Å²) < 4.78 is 12.2. The minimum Gasteiger partial charge on any atom is -0.493 e. The molecule has 0 unspecified atom stereocenters. The van der Waals surface area contributed by atoms with Crippen LogP contribution >= 0.6 is 0 Å². The van der Waals surface area contributed by atoms with E-state index in [2.05, 4.69) is 10.4 Å². The van der Waals surface area contributed by atoms with E-state index >= 15 is 0 Å². The van der Waals surface area contributed by atoms with Crippen LogP contribution in [0.25, 0.3) is 10.8 Å². The van der Waals surface area contributed by atoms with Crippen molar-refractivity contribution in [2.45, 2.75) is 19.4 Å². The third kappa shape index (κ3) is 2.66. The molecular formula is C16H21N3O3. The van der Waals surface area contributed by atoms with Gasteiger partial charge < -0.3 is 14.8 Å². The molecule has 0 spiro atoms. The zero-order valence-corrected chi connectivity index (χ0v) is 13.0. The Hall–Kier alpha value is -2.08. The molecule has 1 aromatic carbocycles. The molecule has 1 aliphatic rings. The standard InChI is InChI=1S/C16H21N3O3/c1-21-13-6-5-12-9-18-19(10-11-4-3-7-17-8-11)16(20)14(12)15(13)22-2/h5-6,9,11,17H,3-4,7-8,10H2,1-2H3/t11-/m1/s1. The molecule has 0 amide bonds. The van der Waals surface area contributed by atoms with E-state index in [9.17, 15) is 4.79 Å². The molecule has 0 radical (unpaired) electrons. The second-order valence-corrected chi connectivity index (χ2v) is 5.61. The number of hydrogen-bond acceptors (Lipinski definition) is 5.